The highest BCUT2D eigenvalue weighted by atomic mass is 16.6. The smallest absolute Gasteiger partial charge is 0.333 e. The zero-order chi connectivity index (χ0) is 24.5. The highest BCUT2D eigenvalue weighted by Gasteiger charge is 2.68. The molecule has 3 saturated carbocycles. The van der Waals surface area contributed by atoms with Crippen LogP contribution in [0.15, 0.2) is 60.7 Å². The number of ketones is 1. The number of rotatable bonds is 4. The Hall–Kier alpha value is -3.21. The number of hydrogen-bond acceptors (Lipinski definition) is 5. The van der Waals surface area contributed by atoms with E-state index in [1.807, 2.05) is 43.3 Å². The fraction of sp³-hybridized carbons (Fsp3) is 0.433. The second-order valence-corrected chi connectivity index (χ2v) is 10.9. The van der Waals surface area contributed by atoms with Gasteiger partial charge < -0.3 is 9.47 Å². The van der Waals surface area contributed by atoms with E-state index in [1.165, 1.54) is 0 Å². The summed E-state index contributed by atoms with van der Waals surface area (Å²) in [7, 11) is 0. The van der Waals surface area contributed by atoms with Crippen LogP contribution in [0.2, 0.25) is 0 Å². The molecule has 0 amide bonds. The van der Waals surface area contributed by atoms with Gasteiger partial charge in [0.05, 0.1) is 5.92 Å². The predicted molar refractivity (Wildman–Crippen MR) is 129 cm³/mol. The van der Waals surface area contributed by atoms with Gasteiger partial charge in [-0.25, -0.2) is 4.79 Å². The minimum atomic E-state index is -0.965. The molecule has 180 valence electrons. The summed E-state index contributed by atoms with van der Waals surface area (Å²) in [6, 6.07) is 16.3. The molecule has 5 nitrogen and oxygen atoms in total. The van der Waals surface area contributed by atoms with E-state index in [1.54, 1.807) is 6.92 Å². The number of fused-ring (bicyclic) bond motifs is 3. The molecule has 4 aliphatic carbocycles. The van der Waals surface area contributed by atoms with Crippen LogP contribution in [-0.4, -0.2) is 23.8 Å². The zero-order valence-corrected chi connectivity index (χ0v) is 20.2. The number of aryl methyl sites for hydroxylation is 2. The number of carbonyl (C=O) groups excluding carboxylic acids is 3. The summed E-state index contributed by atoms with van der Waals surface area (Å²) in [6.45, 7) is 7.28. The average Bonchev–Trinajstić information content (AvgIpc) is 3.43. The van der Waals surface area contributed by atoms with E-state index in [2.05, 4.69) is 18.7 Å². The summed E-state index contributed by atoms with van der Waals surface area (Å²) in [5.41, 5.74) is 3.67. The highest BCUT2D eigenvalue weighted by molar-refractivity contribution is 5.92. The van der Waals surface area contributed by atoms with Crippen molar-refractivity contribution in [1.82, 2.24) is 0 Å². The van der Waals surface area contributed by atoms with Crippen molar-refractivity contribution in [2.45, 2.75) is 51.2 Å². The molecule has 0 saturated heterocycles. The molecule has 4 aliphatic rings. The van der Waals surface area contributed by atoms with Crippen LogP contribution < -0.4 is 0 Å². The summed E-state index contributed by atoms with van der Waals surface area (Å²) in [5.74, 6) is -1.76. The van der Waals surface area contributed by atoms with Gasteiger partial charge in [-0.2, -0.15) is 0 Å². The van der Waals surface area contributed by atoms with Crippen molar-refractivity contribution in [3.63, 3.8) is 0 Å². The summed E-state index contributed by atoms with van der Waals surface area (Å²) in [5, 5.41) is 0. The van der Waals surface area contributed by atoms with Crippen molar-refractivity contribution in [3.8, 4) is 0 Å². The van der Waals surface area contributed by atoms with Gasteiger partial charge in [0.15, 0.2) is 5.60 Å². The first-order chi connectivity index (χ1) is 16.8. The summed E-state index contributed by atoms with van der Waals surface area (Å²) in [4.78, 5) is 39.4. The Kier molecular flexibility index (Phi) is 5.03. The minimum absolute atomic E-state index is 0.000214. The van der Waals surface area contributed by atoms with Crippen molar-refractivity contribution in [1.29, 1.82) is 0 Å². The highest BCUT2D eigenvalue weighted by Crippen LogP contribution is 2.62. The lowest BCUT2D eigenvalue weighted by Gasteiger charge is -2.37. The molecule has 6 unspecified atom stereocenters. The summed E-state index contributed by atoms with van der Waals surface area (Å²) >= 11 is 0. The van der Waals surface area contributed by atoms with Crippen LogP contribution in [0.1, 0.15) is 48.9 Å². The van der Waals surface area contributed by atoms with Gasteiger partial charge >= 0.3 is 11.9 Å². The standard InChI is InChI=1S/C30H30O5/c1-16(2)28(32)34-27-20-15-24(31)25-19(20)14-21(27)26(25)29(33)35-30(3)22-10-6-4-8-17(22)12-13-18-9-5-7-11-23(18)30/h4-11,19-21,25-27H,1,12-15H2,2-3H3. The largest absolute Gasteiger partial charge is 0.458 e. The molecule has 6 rings (SSSR count). The molecule has 0 aliphatic heterocycles. The Morgan fingerprint density at radius 3 is 2.14 bits per heavy atom. The number of Topliss-reactive ketones (excluding diaryl/α,β-unsaturated/α-hetero) is 1. The zero-order valence-electron chi connectivity index (χ0n) is 20.2. The summed E-state index contributed by atoms with van der Waals surface area (Å²) in [6.07, 6.45) is 2.39. The first kappa shape index (κ1) is 22.3. The van der Waals surface area contributed by atoms with Crippen LogP contribution in [0, 0.1) is 29.6 Å². The van der Waals surface area contributed by atoms with Gasteiger partial charge in [0.25, 0.3) is 0 Å². The van der Waals surface area contributed by atoms with Gasteiger partial charge in [0.1, 0.15) is 11.9 Å². The Labute approximate surface area is 205 Å². The fourth-order valence-corrected chi connectivity index (χ4v) is 7.48. The van der Waals surface area contributed by atoms with Crippen molar-refractivity contribution in [2.24, 2.45) is 29.6 Å². The molecule has 0 N–H and O–H groups in total. The van der Waals surface area contributed by atoms with Gasteiger partial charge in [0.2, 0.25) is 0 Å². The molecule has 2 aromatic rings. The van der Waals surface area contributed by atoms with E-state index in [-0.39, 0.29) is 35.4 Å². The third-order valence-corrected chi connectivity index (χ3v) is 8.95. The lowest BCUT2D eigenvalue weighted by atomic mass is 9.77. The Morgan fingerprint density at radius 2 is 1.54 bits per heavy atom. The van der Waals surface area contributed by atoms with Crippen LogP contribution in [-0.2, 0) is 42.3 Å². The Balaban J connectivity index is 1.37. The van der Waals surface area contributed by atoms with Crippen LogP contribution in [0.25, 0.3) is 0 Å². The molecule has 3 fully saturated rings. The van der Waals surface area contributed by atoms with Crippen LogP contribution >= 0.6 is 0 Å². The predicted octanol–water partition coefficient (Wildman–Crippen LogP) is 4.55. The first-order valence-corrected chi connectivity index (χ1v) is 12.6. The molecule has 0 heterocycles. The average molecular weight is 471 g/mol. The summed E-state index contributed by atoms with van der Waals surface area (Å²) < 4.78 is 12.3. The lowest BCUT2D eigenvalue weighted by Crippen LogP contribution is -2.44. The number of benzene rings is 2. The third-order valence-electron chi connectivity index (χ3n) is 8.95. The van der Waals surface area contributed by atoms with Crippen LogP contribution in [0.3, 0.4) is 0 Å². The maximum Gasteiger partial charge on any atom is 0.333 e. The van der Waals surface area contributed by atoms with Gasteiger partial charge in [-0.15, -0.1) is 0 Å². The molecular formula is C30H30O5. The quantitative estimate of drug-likeness (QED) is 0.484. The molecule has 5 heteroatoms. The van der Waals surface area contributed by atoms with E-state index < -0.39 is 23.6 Å². The second-order valence-electron chi connectivity index (χ2n) is 10.9. The molecule has 6 atom stereocenters. The first-order valence-electron chi connectivity index (χ1n) is 12.6. The number of hydrogen-bond donors (Lipinski definition) is 0. The SMILES string of the molecule is C=C(C)C(=O)OC1C2CC(=O)C3C2CC1C3C(=O)OC1(C)c2ccccc2CCc2ccccc21. The molecule has 0 spiro atoms. The molecule has 2 aromatic carbocycles. The van der Waals surface area contributed by atoms with E-state index in [0.29, 0.717) is 12.0 Å². The maximum atomic E-state index is 14.0. The Bertz CT molecular complexity index is 1210. The van der Waals surface area contributed by atoms with E-state index in [4.69, 9.17) is 9.47 Å². The minimum Gasteiger partial charge on any atom is -0.458 e. The second kappa shape index (κ2) is 7.91. The van der Waals surface area contributed by atoms with Crippen molar-refractivity contribution >= 4 is 17.7 Å². The molecular weight excluding hydrogens is 440 g/mol. The third kappa shape index (κ3) is 3.24. The van der Waals surface area contributed by atoms with Crippen molar-refractivity contribution < 1.29 is 23.9 Å². The van der Waals surface area contributed by atoms with Gasteiger partial charge in [-0.05, 0) is 50.2 Å². The van der Waals surface area contributed by atoms with Gasteiger partial charge in [-0.3, -0.25) is 9.59 Å². The normalized spacial score (nSPS) is 31.3. The Morgan fingerprint density at radius 1 is 0.943 bits per heavy atom. The monoisotopic (exact) mass is 470 g/mol. The molecule has 0 radical (unpaired) electrons. The van der Waals surface area contributed by atoms with E-state index >= 15 is 0 Å². The van der Waals surface area contributed by atoms with Crippen molar-refractivity contribution in [3.05, 3.63) is 82.9 Å². The van der Waals surface area contributed by atoms with Crippen LogP contribution in [0.5, 0.6) is 0 Å². The van der Waals surface area contributed by atoms with E-state index in [0.717, 1.165) is 41.5 Å². The molecule has 35 heavy (non-hydrogen) atoms. The maximum absolute atomic E-state index is 14.0. The topological polar surface area (TPSA) is 69.7 Å². The van der Waals surface area contributed by atoms with E-state index in [9.17, 15) is 14.4 Å². The number of esters is 2. The molecule has 2 bridgehead atoms. The molecule has 0 aromatic heterocycles. The fourth-order valence-electron chi connectivity index (χ4n) is 7.48. The number of carbonyl (C=O) groups is 3. The van der Waals surface area contributed by atoms with Gasteiger partial charge in [-0.1, -0.05) is 55.1 Å². The lowest BCUT2D eigenvalue weighted by molar-refractivity contribution is -0.171. The van der Waals surface area contributed by atoms with Crippen molar-refractivity contribution in [2.75, 3.05) is 0 Å². The van der Waals surface area contributed by atoms with Gasteiger partial charge in [0, 0.05) is 40.9 Å². The number of ether oxygens (including phenoxy) is 2. The van der Waals surface area contributed by atoms with Crippen LogP contribution in [0.4, 0.5) is 0 Å².